The van der Waals surface area contributed by atoms with Gasteiger partial charge in [0.15, 0.2) is 18.2 Å². The number of Topliss-reactive ketones (excluding diaryl/α,β-unsaturated/α-hetero) is 1. The molecule has 2 aromatic rings. The molecule has 0 saturated heterocycles. The van der Waals surface area contributed by atoms with Gasteiger partial charge in [0.1, 0.15) is 5.00 Å². The number of ether oxygens (including phenoxy) is 1. The summed E-state index contributed by atoms with van der Waals surface area (Å²) in [4.78, 5) is 37.3. The van der Waals surface area contributed by atoms with Crippen molar-refractivity contribution in [2.24, 2.45) is 0 Å². The van der Waals surface area contributed by atoms with Gasteiger partial charge in [0.2, 0.25) is 6.54 Å². The summed E-state index contributed by atoms with van der Waals surface area (Å²) >= 11 is 1.46. The van der Waals surface area contributed by atoms with Gasteiger partial charge in [-0.15, -0.1) is 11.3 Å². The molecule has 3 rings (SSSR count). The van der Waals surface area contributed by atoms with Crippen LogP contribution in [0.15, 0.2) is 24.5 Å². The van der Waals surface area contributed by atoms with Crippen molar-refractivity contribution in [3.8, 4) is 0 Å². The maximum absolute atomic E-state index is 12.5. The van der Waals surface area contributed by atoms with E-state index in [4.69, 9.17) is 4.74 Å². The molecule has 136 valence electrons. The second-order valence-electron chi connectivity index (χ2n) is 6.28. The Hall–Kier alpha value is -2.54. The quantitative estimate of drug-likeness (QED) is 0.496. The van der Waals surface area contributed by atoms with Gasteiger partial charge < -0.3 is 10.1 Å². The normalized spacial score (nSPS) is 13.0. The minimum Gasteiger partial charge on any atom is -0.465 e. The third kappa shape index (κ3) is 3.83. The number of ketones is 1. The first-order chi connectivity index (χ1) is 12.5. The number of anilines is 1. The number of esters is 1. The lowest BCUT2D eigenvalue weighted by atomic mass is 9.95. The van der Waals surface area contributed by atoms with Crippen LogP contribution >= 0.6 is 11.3 Å². The summed E-state index contributed by atoms with van der Waals surface area (Å²) in [5.41, 5.74) is 2.04. The van der Waals surface area contributed by atoms with Crippen LogP contribution in [0.2, 0.25) is 0 Å². The number of amides is 1. The Kier molecular flexibility index (Phi) is 5.46. The molecule has 2 aromatic heterocycles. The van der Waals surface area contributed by atoms with E-state index in [1.807, 2.05) is 0 Å². The Morgan fingerprint density at radius 3 is 2.77 bits per heavy atom. The number of pyridine rings is 1. The zero-order valence-corrected chi connectivity index (χ0v) is 15.6. The number of rotatable bonds is 5. The van der Waals surface area contributed by atoms with E-state index in [0.717, 1.165) is 36.1 Å². The molecule has 0 spiro atoms. The Morgan fingerprint density at radius 1 is 1.27 bits per heavy atom. The molecule has 7 heteroatoms. The number of carbonyl (C=O) groups is 3. The van der Waals surface area contributed by atoms with Crippen molar-refractivity contribution in [1.82, 2.24) is 0 Å². The first-order valence-electron chi connectivity index (χ1n) is 8.52. The van der Waals surface area contributed by atoms with Gasteiger partial charge in [-0.25, -0.2) is 4.79 Å². The minimum atomic E-state index is -0.411. The average Bonchev–Trinajstić information content (AvgIpc) is 2.98. The highest BCUT2D eigenvalue weighted by Gasteiger charge is 2.27. The largest absolute Gasteiger partial charge is 0.465 e. The molecule has 1 aliphatic carbocycles. The third-order valence-electron chi connectivity index (χ3n) is 4.40. The second kappa shape index (κ2) is 7.78. The lowest BCUT2D eigenvalue weighted by molar-refractivity contribution is -0.684. The number of aryl methyl sites for hydroxylation is 1. The van der Waals surface area contributed by atoms with Crippen LogP contribution in [0, 0.1) is 0 Å². The second-order valence-corrected chi connectivity index (χ2v) is 7.38. The van der Waals surface area contributed by atoms with Crippen LogP contribution in [0.25, 0.3) is 0 Å². The molecule has 1 amide bonds. The average molecular weight is 373 g/mol. The number of fused-ring (bicyclic) bond motifs is 1. The Morgan fingerprint density at radius 2 is 2.04 bits per heavy atom. The van der Waals surface area contributed by atoms with E-state index >= 15 is 0 Å². The number of thiophene rings is 1. The molecule has 1 N–H and O–H groups in total. The van der Waals surface area contributed by atoms with Crippen LogP contribution in [-0.2, 0) is 28.9 Å². The molecule has 6 nitrogen and oxygen atoms in total. The zero-order valence-electron chi connectivity index (χ0n) is 14.8. The fraction of sp³-hybridized carbons (Fsp3) is 0.368. The van der Waals surface area contributed by atoms with Crippen LogP contribution in [0.3, 0.4) is 0 Å². The molecule has 0 aromatic carbocycles. The molecule has 0 aliphatic heterocycles. The van der Waals surface area contributed by atoms with Crippen LogP contribution in [-0.4, -0.2) is 24.8 Å². The molecule has 2 heterocycles. The third-order valence-corrected chi connectivity index (χ3v) is 5.61. The molecule has 26 heavy (non-hydrogen) atoms. The minimum absolute atomic E-state index is 0.0568. The summed E-state index contributed by atoms with van der Waals surface area (Å²) in [7, 11) is 1.35. The van der Waals surface area contributed by atoms with Crippen LogP contribution in [0.1, 0.15) is 50.9 Å². The van der Waals surface area contributed by atoms with Gasteiger partial charge >= 0.3 is 5.97 Å². The van der Waals surface area contributed by atoms with E-state index in [1.165, 1.54) is 25.4 Å². The zero-order chi connectivity index (χ0) is 18.7. The molecule has 0 fully saturated rings. The molecule has 1 aliphatic rings. The Labute approximate surface area is 155 Å². The van der Waals surface area contributed by atoms with Crippen molar-refractivity contribution in [1.29, 1.82) is 0 Å². The van der Waals surface area contributed by atoms with Gasteiger partial charge in [-0.05, 0) is 44.2 Å². The molecule has 0 radical (unpaired) electrons. The highest BCUT2D eigenvalue weighted by atomic mass is 32.1. The van der Waals surface area contributed by atoms with Crippen molar-refractivity contribution < 1.29 is 23.7 Å². The molecule has 0 unspecified atom stereocenters. The fourth-order valence-corrected chi connectivity index (χ4v) is 4.43. The van der Waals surface area contributed by atoms with E-state index in [9.17, 15) is 14.4 Å². The SMILES string of the molecule is COC(=O)c1c(NC(=O)C[n+]2cccc(C(C)=O)c2)sc2c1CCCC2. The van der Waals surface area contributed by atoms with Crippen molar-refractivity contribution in [3.05, 3.63) is 46.1 Å². The number of hydrogen-bond donors (Lipinski definition) is 1. The van der Waals surface area contributed by atoms with E-state index in [-0.39, 0.29) is 18.2 Å². The van der Waals surface area contributed by atoms with Gasteiger partial charge in [-0.3, -0.25) is 9.59 Å². The van der Waals surface area contributed by atoms with E-state index in [2.05, 4.69) is 5.32 Å². The maximum atomic E-state index is 12.5. The van der Waals surface area contributed by atoms with Gasteiger partial charge in [0.25, 0.3) is 5.91 Å². The number of nitrogens with zero attached hydrogens (tertiary/aromatic N) is 1. The standard InChI is InChI=1S/C19H20N2O4S/c1-12(22)13-6-5-9-21(10-13)11-16(23)20-18-17(19(24)25-2)14-7-3-4-8-15(14)26-18/h5-6,9-10H,3-4,7-8,11H2,1-2H3/p+1. The Bertz CT molecular complexity index is 872. The first kappa shape index (κ1) is 18.3. The maximum Gasteiger partial charge on any atom is 0.341 e. The monoisotopic (exact) mass is 373 g/mol. The van der Waals surface area contributed by atoms with Gasteiger partial charge in [0.05, 0.1) is 18.2 Å². The molecular weight excluding hydrogens is 352 g/mol. The summed E-state index contributed by atoms with van der Waals surface area (Å²) in [5.74, 6) is -0.718. The summed E-state index contributed by atoms with van der Waals surface area (Å²) in [6.45, 7) is 1.54. The predicted molar refractivity (Wildman–Crippen MR) is 97.6 cm³/mol. The van der Waals surface area contributed by atoms with Gasteiger partial charge in [-0.1, -0.05) is 0 Å². The van der Waals surface area contributed by atoms with Crippen molar-refractivity contribution >= 4 is 34.0 Å². The summed E-state index contributed by atoms with van der Waals surface area (Å²) in [5, 5.41) is 3.41. The number of methoxy groups -OCH3 is 1. The van der Waals surface area contributed by atoms with E-state index in [0.29, 0.717) is 16.1 Å². The highest BCUT2D eigenvalue weighted by Crippen LogP contribution is 2.38. The smallest absolute Gasteiger partial charge is 0.341 e. The summed E-state index contributed by atoms with van der Waals surface area (Å²) < 4.78 is 6.57. The molecule has 0 bridgehead atoms. The number of aromatic nitrogens is 1. The molecule has 0 atom stereocenters. The van der Waals surface area contributed by atoms with Gasteiger partial charge in [-0.2, -0.15) is 4.57 Å². The lowest BCUT2D eigenvalue weighted by Crippen LogP contribution is -2.40. The highest BCUT2D eigenvalue weighted by molar-refractivity contribution is 7.17. The number of nitrogens with one attached hydrogen (secondary N) is 1. The van der Waals surface area contributed by atoms with Crippen LogP contribution in [0.4, 0.5) is 5.00 Å². The molecular formula is C19H21N2O4S+. The van der Waals surface area contributed by atoms with E-state index in [1.54, 1.807) is 29.1 Å². The van der Waals surface area contributed by atoms with Gasteiger partial charge in [0, 0.05) is 10.9 Å². The number of hydrogen-bond acceptors (Lipinski definition) is 5. The fourth-order valence-electron chi connectivity index (χ4n) is 3.13. The Balaban J connectivity index is 1.81. The topological polar surface area (TPSA) is 76.3 Å². The summed E-state index contributed by atoms with van der Waals surface area (Å²) in [6.07, 6.45) is 7.26. The van der Waals surface area contributed by atoms with Crippen LogP contribution in [0.5, 0.6) is 0 Å². The van der Waals surface area contributed by atoms with Crippen molar-refractivity contribution in [2.45, 2.75) is 39.2 Å². The summed E-state index contributed by atoms with van der Waals surface area (Å²) in [6, 6.07) is 3.44. The van der Waals surface area contributed by atoms with E-state index < -0.39 is 5.97 Å². The van der Waals surface area contributed by atoms with Crippen LogP contribution < -0.4 is 9.88 Å². The van der Waals surface area contributed by atoms with Crippen molar-refractivity contribution in [3.63, 3.8) is 0 Å². The lowest BCUT2D eigenvalue weighted by Gasteiger charge is -2.11. The first-order valence-corrected chi connectivity index (χ1v) is 9.34. The number of carbonyl (C=O) groups excluding carboxylic acids is 3. The molecule has 0 saturated carbocycles. The van der Waals surface area contributed by atoms with Crippen molar-refractivity contribution in [2.75, 3.05) is 12.4 Å². The predicted octanol–water partition coefficient (Wildman–Crippen LogP) is 2.54.